The van der Waals surface area contributed by atoms with E-state index in [9.17, 15) is 9.59 Å². The Bertz CT molecular complexity index is 997. The molecule has 1 N–H and O–H groups in total. The predicted octanol–water partition coefficient (Wildman–Crippen LogP) is 4.68. The summed E-state index contributed by atoms with van der Waals surface area (Å²) in [6, 6.07) is 13.8. The highest BCUT2D eigenvalue weighted by molar-refractivity contribution is 7.12. The summed E-state index contributed by atoms with van der Waals surface area (Å²) >= 11 is 1.37. The highest BCUT2D eigenvalue weighted by Crippen LogP contribution is 2.30. The molecule has 150 valence electrons. The first kappa shape index (κ1) is 20.4. The molecule has 2 aromatic carbocycles. The lowest BCUT2D eigenvalue weighted by atomic mass is 10.1. The third-order valence-electron chi connectivity index (χ3n) is 4.32. The first-order valence-electron chi connectivity index (χ1n) is 8.85. The molecule has 3 aromatic rings. The molecule has 0 radical (unpaired) electrons. The van der Waals surface area contributed by atoms with Crippen molar-refractivity contribution in [3.63, 3.8) is 0 Å². The Morgan fingerprint density at radius 2 is 1.69 bits per heavy atom. The molecule has 0 aliphatic rings. The second-order valence-electron chi connectivity index (χ2n) is 6.22. The van der Waals surface area contributed by atoms with Crippen LogP contribution in [-0.2, 0) is 11.3 Å². The van der Waals surface area contributed by atoms with Crippen molar-refractivity contribution in [1.82, 2.24) is 0 Å². The predicted molar refractivity (Wildman–Crippen MR) is 112 cm³/mol. The molecule has 1 aromatic heterocycles. The number of anilines is 1. The topological polar surface area (TPSA) is 73.9 Å². The van der Waals surface area contributed by atoms with Crippen LogP contribution in [0.25, 0.3) is 0 Å². The van der Waals surface area contributed by atoms with E-state index in [1.54, 1.807) is 50.6 Å². The summed E-state index contributed by atoms with van der Waals surface area (Å²) in [7, 11) is 3.13. The van der Waals surface area contributed by atoms with E-state index in [1.807, 2.05) is 24.4 Å². The first-order chi connectivity index (χ1) is 14.0. The maximum Gasteiger partial charge on any atom is 0.338 e. The minimum absolute atomic E-state index is 0.113. The van der Waals surface area contributed by atoms with Gasteiger partial charge in [0.1, 0.15) is 6.61 Å². The Balaban J connectivity index is 1.62. The van der Waals surface area contributed by atoms with Crippen LogP contribution in [0.2, 0.25) is 0 Å². The maximum absolute atomic E-state index is 12.4. The van der Waals surface area contributed by atoms with Gasteiger partial charge in [-0.25, -0.2) is 4.79 Å². The lowest BCUT2D eigenvalue weighted by Gasteiger charge is -2.13. The summed E-state index contributed by atoms with van der Waals surface area (Å²) in [6.45, 7) is 2.03. The first-order valence-corrected chi connectivity index (χ1v) is 9.73. The standard InChI is InChI=1S/C22H21NO5S/c1-14-11-18(26-2)19(27-3)12-16(14)13-28-22(25)15-6-8-17(9-7-15)23-21(24)20-5-4-10-29-20/h4-12H,13H2,1-3H3,(H,23,24). The smallest absolute Gasteiger partial charge is 0.338 e. The molecule has 0 spiro atoms. The van der Waals surface area contributed by atoms with E-state index in [2.05, 4.69) is 5.32 Å². The van der Waals surface area contributed by atoms with Gasteiger partial charge in [0.25, 0.3) is 5.91 Å². The third kappa shape index (κ3) is 4.94. The van der Waals surface area contributed by atoms with Gasteiger partial charge < -0.3 is 19.5 Å². The number of carbonyl (C=O) groups excluding carboxylic acids is 2. The van der Waals surface area contributed by atoms with E-state index in [-0.39, 0.29) is 12.5 Å². The molecule has 0 aliphatic carbocycles. The zero-order valence-corrected chi connectivity index (χ0v) is 17.2. The van der Waals surface area contributed by atoms with Crippen molar-refractivity contribution >= 4 is 28.9 Å². The molecule has 0 unspecified atom stereocenters. The van der Waals surface area contributed by atoms with E-state index < -0.39 is 5.97 Å². The van der Waals surface area contributed by atoms with Crippen LogP contribution in [0.3, 0.4) is 0 Å². The van der Waals surface area contributed by atoms with Gasteiger partial charge in [-0.1, -0.05) is 6.07 Å². The average Bonchev–Trinajstić information content (AvgIpc) is 3.28. The molecule has 0 bridgehead atoms. The molecule has 7 heteroatoms. The third-order valence-corrected chi connectivity index (χ3v) is 5.19. The molecule has 0 saturated heterocycles. The molecule has 0 saturated carbocycles. The van der Waals surface area contributed by atoms with Crippen LogP contribution in [0.5, 0.6) is 11.5 Å². The normalized spacial score (nSPS) is 10.3. The zero-order chi connectivity index (χ0) is 20.8. The fraction of sp³-hybridized carbons (Fsp3) is 0.182. The van der Waals surface area contributed by atoms with Crippen molar-refractivity contribution in [1.29, 1.82) is 0 Å². The van der Waals surface area contributed by atoms with Gasteiger partial charge in [-0.05, 0) is 65.9 Å². The van der Waals surface area contributed by atoms with E-state index in [0.29, 0.717) is 27.6 Å². The van der Waals surface area contributed by atoms with Gasteiger partial charge >= 0.3 is 5.97 Å². The number of methoxy groups -OCH3 is 2. The number of amides is 1. The van der Waals surface area contributed by atoms with Crippen molar-refractivity contribution in [2.45, 2.75) is 13.5 Å². The number of esters is 1. The summed E-state index contributed by atoms with van der Waals surface area (Å²) < 4.78 is 16.0. The van der Waals surface area contributed by atoms with E-state index >= 15 is 0 Å². The number of rotatable bonds is 7. The fourth-order valence-electron chi connectivity index (χ4n) is 2.69. The number of nitrogens with one attached hydrogen (secondary N) is 1. The Morgan fingerprint density at radius 3 is 2.31 bits per heavy atom. The van der Waals surface area contributed by atoms with Gasteiger partial charge in [-0.2, -0.15) is 0 Å². The van der Waals surface area contributed by atoms with Crippen LogP contribution in [0.15, 0.2) is 53.9 Å². The van der Waals surface area contributed by atoms with Gasteiger partial charge in [0.05, 0.1) is 24.7 Å². The molecule has 0 atom stereocenters. The molecule has 6 nitrogen and oxygen atoms in total. The van der Waals surface area contributed by atoms with Gasteiger partial charge in [0.2, 0.25) is 0 Å². The van der Waals surface area contributed by atoms with Crippen LogP contribution >= 0.6 is 11.3 Å². The quantitative estimate of drug-likeness (QED) is 0.571. The number of hydrogen-bond donors (Lipinski definition) is 1. The van der Waals surface area contributed by atoms with Gasteiger partial charge in [0, 0.05) is 5.69 Å². The number of ether oxygens (including phenoxy) is 3. The Kier molecular flexibility index (Phi) is 6.51. The van der Waals surface area contributed by atoms with Crippen molar-refractivity contribution < 1.29 is 23.8 Å². The SMILES string of the molecule is COc1cc(C)c(COC(=O)c2ccc(NC(=O)c3cccs3)cc2)cc1OC. The molecule has 1 amide bonds. The number of carbonyl (C=O) groups is 2. The summed E-state index contributed by atoms with van der Waals surface area (Å²) in [4.78, 5) is 25.1. The minimum atomic E-state index is -0.449. The molecule has 0 aliphatic heterocycles. The molecule has 3 rings (SSSR count). The average molecular weight is 411 g/mol. The number of hydrogen-bond acceptors (Lipinski definition) is 6. The monoisotopic (exact) mass is 411 g/mol. The molecule has 1 heterocycles. The zero-order valence-electron chi connectivity index (χ0n) is 16.4. The Hall–Kier alpha value is -3.32. The van der Waals surface area contributed by atoms with Crippen LogP contribution in [0, 0.1) is 6.92 Å². The van der Waals surface area contributed by atoms with Crippen LogP contribution in [0.1, 0.15) is 31.2 Å². The molecule has 0 fully saturated rings. The maximum atomic E-state index is 12.4. The van der Waals surface area contributed by atoms with Crippen LogP contribution in [-0.4, -0.2) is 26.1 Å². The number of aryl methyl sites for hydroxylation is 1. The Morgan fingerprint density at radius 1 is 1.00 bits per heavy atom. The number of thiophene rings is 1. The minimum Gasteiger partial charge on any atom is -0.493 e. The fourth-order valence-corrected chi connectivity index (χ4v) is 3.31. The lowest BCUT2D eigenvalue weighted by Crippen LogP contribution is -2.10. The van der Waals surface area contributed by atoms with E-state index in [0.717, 1.165) is 11.1 Å². The van der Waals surface area contributed by atoms with E-state index in [4.69, 9.17) is 14.2 Å². The summed E-state index contributed by atoms with van der Waals surface area (Å²) in [5.41, 5.74) is 2.77. The van der Waals surface area contributed by atoms with Gasteiger partial charge in [0.15, 0.2) is 11.5 Å². The second kappa shape index (κ2) is 9.25. The van der Waals surface area contributed by atoms with Gasteiger partial charge in [-0.15, -0.1) is 11.3 Å². The van der Waals surface area contributed by atoms with E-state index in [1.165, 1.54) is 11.3 Å². The van der Waals surface area contributed by atoms with Crippen LogP contribution in [0.4, 0.5) is 5.69 Å². The molecule has 29 heavy (non-hydrogen) atoms. The Labute approximate surface area is 173 Å². The van der Waals surface area contributed by atoms with Crippen molar-refractivity contribution in [3.8, 4) is 11.5 Å². The molecular formula is C22H21NO5S. The van der Waals surface area contributed by atoms with Crippen LogP contribution < -0.4 is 14.8 Å². The second-order valence-corrected chi connectivity index (χ2v) is 7.17. The highest BCUT2D eigenvalue weighted by Gasteiger charge is 2.13. The molecular weight excluding hydrogens is 390 g/mol. The van der Waals surface area contributed by atoms with Crippen molar-refractivity contribution in [2.24, 2.45) is 0 Å². The summed E-state index contributed by atoms with van der Waals surface area (Å²) in [6.07, 6.45) is 0. The number of benzene rings is 2. The van der Waals surface area contributed by atoms with Crippen molar-refractivity contribution in [2.75, 3.05) is 19.5 Å². The van der Waals surface area contributed by atoms with Crippen molar-refractivity contribution in [3.05, 3.63) is 75.5 Å². The lowest BCUT2D eigenvalue weighted by molar-refractivity contribution is 0.0471. The van der Waals surface area contributed by atoms with Gasteiger partial charge in [-0.3, -0.25) is 4.79 Å². The summed E-state index contributed by atoms with van der Waals surface area (Å²) in [5.74, 6) is 0.574. The highest BCUT2D eigenvalue weighted by atomic mass is 32.1. The largest absolute Gasteiger partial charge is 0.493 e. The summed E-state index contributed by atoms with van der Waals surface area (Å²) in [5, 5.41) is 4.63.